The van der Waals surface area contributed by atoms with Gasteiger partial charge in [-0.2, -0.15) is 0 Å². The average molecular weight is 342 g/mol. The molecule has 0 atom stereocenters. The summed E-state index contributed by atoms with van der Waals surface area (Å²) in [6, 6.07) is 16.6. The van der Waals surface area contributed by atoms with E-state index in [2.05, 4.69) is 25.6 Å². The topological polar surface area (TPSA) is 85.6 Å². The lowest BCUT2D eigenvalue weighted by atomic mass is 10.1. The van der Waals surface area contributed by atoms with E-state index in [-0.39, 0.29) is 5.91 Å². The molecule has 7 heteroatoms. The number of nitrogens with one attached hydrogen (secondary N) is 1. The largest absolute Gasteiger partial charge is 0.321 e. The van der Waals surface area contributed by atoms with Crippen LogP contribution in [0.1, 0.15) is 10.5 Å². The number of anilines is 1. The molecular formula is C19H14N6O. The van der Waals surface area contributed by atoms with Crippen molar-refractivity contribution in [2.24, 2.45) is 0 Å². The van der Waals surface area contributed by atoms with Crippen LogP contribution in [0.3, 0.4) is 0 Å². The first-order chi connectivity index (χ1) is 12.8. The monoisotopic (exact) mass is 342 g/mol. The first-order valence-electron chi connectivity index (χ1n) is 7.96. The van der Waals surface area contributed by atoms with E-state index in [1.165, 1.54) is 0 Å². The summed E-state index contributed by atoms with van der Waals surface area (Å²) in [5.74, 6) is 0.356. The van der Waals surface area contributed by atoms with Crippen molar-refractivity contribution in [3.05, 3.63) is 85.1 Å². The lowest BCUT2D eigenvalue weighted by Gasteiger charge is -2.09. The van der Waals surface area contributed by atoms with Crippen molar-refractivity contribution in [3.63, 3.8) is 0 Å². The molecule has 1 N–H and O–H groups in total. The highest BCUT2D eigenvalue weighted by Gasteiger charge is 2.13. The second-order valence-corrected chi connectivity index (χ2v) is 5.47. The molecule has 0 fully saturated rings. The molecule has 0 unspecified atom stereocenters. The number of benzene rings is 1. The first-order valence-corrected chi connectivity index (χ1v) is 7.96. The zero-order valence-electron chi connectivity index (χ0n) is 13.6. The minimum absolute atomic E-state index is 0.274. The zero-order valence-corrected chi connectivity index (χ0v) is 13.6. The highest BCUT2D eigenvalue weighted by atomic mass is 16.1. The molecule has 0 bridgehead atoms. The number of rotatable bonds is 4. The van der Waals surface area contributed by atoms with Crippen molar-refractivity contribution in [1.82, 2.24) is 25.0 Å². The number of pyridine rings is 2. The quantitative estimate of drug-likeness (QED) is 0.616. The molecule has 4 rings (SSSR count). The van der Waals surface area contributed by atoms with Crippen LogP contribution < -0.4 is 5.32 Å². The fourth-order valence-corrected chi connectivity index (χ4v) is 2.56. The summed E-state index contributed by atoms with van der Waals surface area (Å²) in [6.45, 7) is 0. The number of amides is 1. The molecule has 0 spiro atoms. The summed E-state index contributed by atoms with van der Waals surface area (Å²) in [7, 11) is 0. The van der Waals surface area contributed by atoms with Crippen LogP contribution in [0.15, 0.2) is 79.4 Å². The Balaban J connectivity index is 1.68. The molecule has 26 heavy (non-hydrogen) atoms. The maximum absolute atomic E-state index is 12.5. The van der Waals surface area contributed by atoms with Crippen LogP contribution in [-0.4, -0.2) is 30.9 Å². The minimum atomic E-state index is -0.274. The summed E-state index contributed by atoms with van der Waals surface area (Å²) in [4.78, 5) is 21.1. The second kappa shape index (κ2) is 6.94. The SMILES string of the molecule is O=C(Nc1ccccc1)c1cc(-c2cccnc2-n2ccnn2)ccn1. The third kappa shape index (κ3) is 3.18. The maximum atomic E-state index is 12.5. The molecule has 3 heterocycles. The fraction of sp³-hybridized carbons (Fsp3) is 0. The van der Waals surface area contributed by atoms with Gasteiger partial charge >= 0.3 is 0 Å². The Bertz CT molecular complexity index is 1030. The molecule has 0 aliphatic rings. The molecular weight excluding hydrogens is 328 g/mol. The molecule has 4 aromatic rings. The van der Waals surface area contributed by atoms with Crippen LogP contribution in [0.4, 0.5) is 5.69 Å². The van der Waals surface area contributed by atoms with Gasteiger partial charge in [0.1, 0.15) is 5.69 Å². The van der Waals surface area contributed by atoms with Crippen LogP contribution in [0.25, 0.3) is 16.9 Å². The van der Waals surface area contributed by atoms with E-state index >= 15 is 0 Å². The molecule has 126 valence electrons. The third-order valence-electron chi connectivity index (χ3n) is 3.76. The standard InChI is InChI=1S/C19H14N6O/c26-19(23-15-5-2-1-3-6-15)17-13-14(8-10-20-17)16-7-4-9-21-18(16)25-12-11-22-24-25/h1-13H,(H,23,26). The molecule has 7 nitrogen and oxygen atoms in total. The van der Waals surface area contributed by atoms with Gasteiger partial charge in [0.15, 0.2) is 5.82 Å². The molecule has 0 aliphatic heterocycles. The number of carbonyl (C=O) groups excluding carboxylic acids is 1. The molecule has 0 saturated heterocycles. The predicted octanol–water partition coefficient (Wildman–Crippen LogP) is 2.98. The smallest absolute Gasteiger partial charge is 0.274 e. The van der Waals surface area contributed by atoms with E-state index < -0.39 is 0 Å². The van der Waals surface area contributed by atoms with E-state index in [1.54, 1.807) is 35.5 Å². The van der Waals surface area contributed by atoms with Gasteiger partial charge in [0.25, 0.3) is 5.91 Å². The summed E-state index contributed by atoms with van der Waals surface area (Å²) in [6.07, 6.45) is 6.60. The molecule has 1 amide bonds. The van der Waals surface area contributed by atoms with Gasteiger partial charge < -0.3 is 5.32 Å². The van der Waals surface area contributed by atoms with Crippen molar-refractivity contribution < 1.29 is 4.79 Å². The average Bonchev–Trinajstić information content (AvgIpc) is 3.23. The summed E-state index contributed by atoms with van der Waals surface area (Å²) in [5.41, 5.74) is 2.68. The van der Waals surface area contributed by atoms with Crippen molar-refractivity contribution in [1.29, 1.82) is 0 Å². The number of aromatic nitrogens is 5. The van der Waals surface area contributed by atoms with E-state index in [0.717, 1.165) is 16.8 Å². The van der Waals surface area contributed by atoms with Crippen molar-refractivity contribution in [2.45, 2.75) is 0 Å². The summed E-state index contributed by atoms with van der Waals surface area (Å²) < 4.78 is 1.58. The van der Waals surface area contributed by atoms with Crippen molar-refractivity contribution >= 4 is 11.6 Å². The van der Waals surface area contributed by atoms with E-state index in [1.807, 2.05) is 48.5 Å². The van der Waals surface area contributed by atoms with Crippen molar-refractivity contribution in [3.8, 4) is 16.9 Å². The fourth-order valence-electron chi connectivity index (χ4n) is 2.56. The molecule has 0 radical (unpaired) electrons. The van der Waals surface area contributed by atoms with Crippen LogP contribution in [0.2, 0.25) is 0 Å². The third-order valence-corrected chi connectivity index (χ3v) is 3.76. The molecule has 0 saturated carbocycles. The van der Waals surface area contributed by atoms with Gasteiger partial charge in [-0.25, -0.2) is 9.67 Å². The number of carbonyl (C=O) groups is 1. The lowest BCUT2D eigenvalue weighted by Crippen LogP contribution is -2.13. The Kier molecular flexibility index (Phi) is 4.17. The number of nitrogens with zero attached hydrogens (tertiary/aromatic N) is 5. The van der Waals surface area contributed by atoms with Crippen LogP contribution in [-0.2, 0) is 0 Å². The van der Waals surface area contributed by atoms with Crippen molar-refractivity contribution in [2.75, 3.05) is 5.32 Å². The van der Waals surface area contributed by atoms with E-state index in [9.17, 15) is 4.79 Å². The second-order valence-electron chi connectivity index (χ2n) is 5.47. The molecule has 3 aromatic heterocycles. The first kappa shape index (κ1) is 15.6. The number of hydrogen-bond donors (Lipinski definition) is 1. The van der Waals surface area contributed by atoms with E-state index in [0.29, 0.717) is 11.5 Å². The molecule has 0 aliphatic carbocycles. The number of hydrogen-bond acceptors (Lipinski definition) is 5. The number of para-hydroxylation sites is 1. The zero-order chi connectivity index (χ0) is 17.8. The van der Waals surface area contributed by atoms with Crippen LogP contribution in [0, 0.1) is 0 Å². The van der Waals surface area contributed by atoms with Crippen LogP contribution >= 0.6 is 0 Å². The van der Waals surface area contributed by atoms with Gasteiger partial charge in [-0.1, -0.05) is 23.4 Å². The summed E-state index contributed by atoms with van der Waals surface area (Å²) >= 11 is 0. The Morgan fingerprint density at radius 1 is 0.923 bits per heavy atom. The Morgan fingerprint density at radius 2 is 1.81 bits per heavy atom. The van der Waals surface area contributed by atoms with Crippen LogP contribution in [0.5, 0.6) is 0 Å². The van der Waals surface area contributed by atoms with Gasteiger partial charge in [-0.15, -0.1) is 5.10 Å². The maximum Gasteiger partial charge on any atom is 0.274 e. The minimum Gasteiger partial charge on any atom is -0.321 e. The lowest BCUT2D eigenvalue weighted by molar-refractivity contribution is 0.102. The summed E-state index contributed by atoms with van der Waals surface area (Å²) in [5, 5.41) is 10.7. The van der Waals surface area contributed by atoms with E-state index in [4.69, 9.17) is 0 Å². The molecule has 1 aromatic carbocycles. The Hall–Kier alpha value is -3.87. The Morgan fingerprint density at radius 3 is 2.62 bits per heavy atom. The Labute approximate surface area is 149 Å². The highest BCUT2D eigenvalue weighted by Crippen LogP contribution is 2.24. The van der Waals surface area contributed by atoms with Gasteiger partial charge in [0.05, 0.1) is 12.4 Å². The van der Waals surface area contributed by atoms with Gasteiger partial charge in [0, 0.05) is 23.6 Å². The predicted molar refractivity (Wildman–Crippen MR) is 96.8 cm³/mol. The highest BCUT2D eigenvalue weighted by molar-refractivity contribution is 6.03. The normalized spacial score (nSPS) is 10.5. The van der Waals surface area contributed by atoms with Gasteiger partial charge in [-0.3, -0.25) is 9.78 Å². The van der Waals surface area contributed by atoms with Gasteiger partial charge in [0.2, 0.25) is 0 Å². The van der Waals surface area contributed by atoms with Gasteiger partial charge in [-0.05, 0) is 42.0 Å².